The van der Waals surface area contributed by atoms with Crippen LogP contribution in [0.3, 0.4) is 0 Å². The Morgan fingerprint density at radius 3 is 1.79 bits per heavy atom. The van der Waals surface area contributed by atoms with E-state index in [9.17, 15) is 0 Å². The van der Waals surface area contributed by atoms with Crippen molar-refractivity contribution in [1.29, 1.82) is 0 Å². The molecule has 0 aliphatic heterocycles. The van der Waals surface area contributed by atoms with Gasteiger partial charge in [-0.1, -0.05) is 13.8 Å². The van der Waals surface area contributed by atoms with Gasteiger partial charge in [0.25, 0.3) is 0 Å². The highest BCUT2D eigenvalue weighted by atomic mass is 15.2. The predicted octanol–water partition coefficient (Wildman–Crippen LogP) is 3.42. The van der Waals surface area contributed by atoms with Crippen molar-refractivity contribution >= 4 is 0 Å². The molecule has 0 aromatic heterocycles. The fraction of sp³-hybridized carbons (Fsp3) is 1.00. The van der Waals surface area contributed by atoms with E-state index in [1.165, 1.54) is 64.5 Å². The molecule has 19 heavy (non-hydrogen) atoms. The van der Waals surface area contributed by atoms with Gasteiger partial charge in [-0.25, -0.2) is 0 Å². The van der Waals surface area contributed by atoms with Crippen LogP contribution in [-0.2, 0) is 0 Å². The van der Waals surface area contributed by atoms with Gasteiger partial charge in [-0.3, -0.25) is 4.90 Å². The van der Waals surface area contributed by atoms with Crippen molar-refractivity contribution in [2.24, 2.45) is 11.8 Å². The maximum atomic E-state index is 3.73. The molecule has 0 atom stereocenters. The predicted molar refractivity (Wildman–Crippen MR) is 81.3 cm³/mol. The standard InChI is InChI=1S/C17H32N2/c1-13(2)18-16-7-9-17(10-8-16)19(11-14-3-4-14)12-15-5-6-15/h13-18H,3-12H2,1-2H3/t16-,17-. The molecule has 0 bridgehead atoms. The van der Waals surface area contributed by atoms with E-state index in [2.05, 4.69) is 24.1 Å². The van der Waals surface area contributed by atoms with Gasteiger partial charge in [0, 0.05) is 31.2 Å². The monoisotopic (exact) mass is 264 g/mol. The van der Waals surface area contributed by atoms with E-state index in [4.69, 9.17) is 0 Å². The number of hydrogen-bond acceptors (Lipinski definition) is 2. The van der Waals surface area contributed by atoms with Gasteiger partial charge in [0.15, 0.2) is 0 Å². The summed E-state index contributed by atoms with van der Waals surface area (Å²) in [5.41, 5.74) is 0. The summed E-state index contributed by atoms with van der Waals surface area (Å²) in [7, 11) is 0. The van der Waals surface area contributed by atoms with E-state index in [0.717, 1.165) is 23.9 Å². The molecule has 3 aliphatic rings. The molecule has 0 unspecified atom stereocenters. The summed E-state index contributed by atoms with van der Waals surface area (Å²) in [5.74, 6) is 2.12. The van der Waals surface area contributed by atoms with E-state index in [0.29, 0.717) is 6.04 Å². The zero-order valence-corrected chi connectivity index (χ0v) is 12.9. The van der Waals surface area contributed by atoms with Gasteiger partial charge in [0.1, 0.15) is 0 Å². The summed E-state index contributed by atoms with van der Waals surface area (Å²) in [6.07, 6.45) is 11.7. The van der Waals surface area contributed by atoms with Crippen LogP contribution in [0.5, 0.6) is 0 Å². The van der Waals surface area contributed by atoms with Gasteiger partial charge >= 0.3 is 0 Å². The Labute approximate surface area is 119 Å². The lowest BCUT2D eigenvalue weighted by Gasteiger charge is -2.38. The summed E-state index contributed by atoms with van der Waals surface area (Å²) in [5, 5.41) is 3.73. The number of nitrogens with zero attached hydrogens (tertiary/aromatic N) is 1. The Balaban J connectivity index is 1.46. The van der Waals surface area contributed by atoms with E-state index < -0.39 is 0 Å². The zero-order chi connectivity index (χ0) is 13.2. The lowest BCUT2D eigenvalue weighted by molar-refractivity contribution is 0.130. The summed E-state index contributed by atoms with van der Waals surface area (Å²) < 4.78 is 0. The van der Waals surface area contributed by atoms with Crippen molar-refractivity contribution in [2.75, 3.05) is 13.1 Å². The molecule has 110 valence electrons. The van der Waals surface area contributed by atoms with E-state index >= 15 is 0 Å². The Hall–Kier alpha value is -0.0800. The molecule has 0 amide bonds. The molecular formula is C17H32N2. The molecule has 0 radical (unpaired) electrons. The number of rotatable bonds is 7. The molecule has 2 heteroatoms. The van der Waals surface area contributed by atoms with Crippen molar-refractivity contribution in [3.05, 3.63) is 0 Å². The van der Waals surface area contributed by atoms with Gasteiger partial charge < -0.3 is 5.32 Å². The van der Waals surface area contributed by atoms with Crippen molar-refractivity contribution in [2.45, 2.75) is 83.3 Å². The van der Waals surface area contributed by atoms with E-state index in [1.54, 1.807) is 0 Å². The fourth-order valence-electron chi connectivity index (χ4n) is 3.72. The van der Waals surface area contributed by atoms with Gasteiger partial charge in [0.05, 0.1) is 0 Å². The van der Waals surface area contributed by atoms with E-state index in [1.807, 2.05) is 0 Å². The average molecular weight is 264 g/mol. The minimum absolute atomic E-state index is 0.649. The Kier molecular flexibility index (Phi) is 4.48. The van der Waals surface area contributed by atoms with Crippen LogP contribution in [0.25, 0.3) is 0 Å². The van der Waals surface area contributed by atoms with Crippen LogP contribution in [-0.4, -0.2) is 36.1 Å². The Morgan fingerprint density at radius 2 is 1.37 bits per heavy atom. The molecule has 3 aliphatic carbocycles. The van der Waals surface area contributed by atoms with E-state index in [-0.39, 0.29) is 0 Å². The third-order valence-corrected chi connectivity index (χ3v) is 5.16. The van der Waals surface area contributed by atoms with Crippen molar-refractivity contribution < 1.29 is 0 Å². The summed E-state index contributed by atoms with van der Waals surface area (Å²) in [6, 6.07) is 2.35. The number of hydrogen-bond donors (Lipinski definition) is 1. The second kappa shape index (κ2) is 6.13. The first kappa shape index (κ1) is 13.9. The maximum absolute atomic E-state index is 3.73. The minimum atomic E-state index is 0.649. The van der Waals surface area contributed by atoms with Gasteiger partial charge in [-0.2, -0.15) is 0 Å². The van der Waals surface area contributed by atoms with Crippen LogP contribution >= 0.6 is 0 Å². The van der Waals surface area contributed by atoms with Crippen LogP contribution < -0.4 is 5.32 Å². The normalized spacial score (nSPS) is 32.2. The molecule has 3 fully saturated rings. The highest BCUT2D eigenvalue weighted by Gasteiger charge is 2.34. The van der Waals surface area contributed by atoms with Crippen LogP contribution in [0.15, 0.2) is 0 Å². The summed E-state index contributed by atoms with van der Waals surface area (Å²) in [6.45, 7) is 7.39. The van der Waals surface area contributed by atoms with Crippen molar-refractivity contribution in [3.8, 4) is 0 Å². The second-order valence-electron chi connectivity index (χ2n) is 7.67. The SMILES string of the molecule is CC(C)N[C@H]1CC[C@H](N(CC2CC2)CC2CC2)CC1. The Bertz CT molecular complexity index is 259. The minimum Gasteiger partial charge on any atom is -0.312 e. The molecule has 0 aromatic carbocycles. The maximum Gasteiger partial charge on any atom is 0.00966 e. The molecular weight excluding hydrogens is 232 g/mol. The average Bonchev–Trinajstić information content (AvgIpc) is 3.23. The molecule has 2 nitrogen and oxygen atoms in total. The van der Waals surface area contributed by atoms with Crippen molar-refractivity contribution in [1.82, 2.24) is 10.2 Å². The first-order valence-electron chi connectivity index (χ1n) is 8.71. The molecule has 0 spiro atoms. The summed E-state index contributed by atoms with van der Waals surface area (Å²) in [4.78, 5) is 2.89. The summed E-state index contributed by atoms with van der Waals surface area (Å²) >= 11 is 0. The van der Waals surface area contributed by atoms with Gasteiger partial charge in [-0.05, 0) is 63.2 Å². The molecule has 3 saturated carbocycles. The first-order chi connectivity index (χ1) is 9.20. The van der Waals surface area contributed by atoms with Crippen LogP contribution in [0.2, 0.25) is 0 Å². The largest absolute Gasteiger partial charge is 0.312 e. The van der Waals surface area contributed by atoms with Gasteiger partial charge in [0.2, 0.25) is 0 Å². The smallest absolute Gasteiger partial charge is 0.00966 e. The zero-order valence-electron chi connectivity index (χ0n) is 12.9. The van der Waals surface area contributed by atoms with Crippen LogP contribution in [0, 0.1) is 11.8 Å². The van der Waals surface area contributed by atoms with Gasteiger partial charge in [-0.15, -0.1) is 0 Å². The topological polar surface area (TPSA) is 15.3 Å². The lowest BCUT2D eigenvalue weighted by Crippen LogP contribution is -2.45. The molecule has 1 N–H and O–H groups in total. The molecule has 0 heterocycles. The molecule has 0 saturated heterocycles. The van der Waals surface area contributed by atoms with Crippen LogP contribution in [0.4, 0.5) is 0 Å². The second-order valence-corrected chi connectivity index (χ2v) is 7.67. The first-order valence-corrected chi connectivity index (χ1v) is 8.71. The third kappa shape index (κ3) is 4.46. The fourth-order valence-corrected chi connectivity index (χ4v) is 3.72. The Morgan fingerprint density at radius 1 is 0.842 bits per heavy atom. The number of nitrogens with one attached hydrogen (secondary N) is 1. The highest BCUT2D eigenvalue weighted by molar-refractivity contribution is 4.89. The quantitative estimate of drug-likeness (QED) is 0.758. The highest BCUT2D eigenvalue weighted by Crippen LogP contribution is 2.36. The van der Waals surface area contributed by atoms with Crippen molar-refractivity contribution in [3.63, 3.8) is 0 Å². The third-order valence-electron chi connectivity index (χ3n) is 5.16. The lowest BCUT2D eigenvalue weighted by atomic mass is 9.89. The van der Waals surface area contributed by atoms with Crippen LogP contribution in [0.1, 0.15) is 65.2 Å². The molecule has 3 rings (SSSR count). The molecule has 0 aromatic rings.